The Bertz CT molecular complexity index is 388. The standard InChI is InChI=1S/C18H31N3/c1-15(2)21(16(3)4)14-18(17-8-6-5-7-9-17)20-12-10-19-11-13-20/h5-9,15-16,18-19H,10-14H2,1-4H3. The van der Waals surface area contributed by atoms with Crippen molar-refractivity contribution in [1.29, 1.82) is 0 Å². The molecule has 1 aromatic rings. The van der Waals surface area contributed by atoms with Crippen LogP contribution in [0.15, 0.2) is 30.3 Å². The van der Waals surface area contributed by atoms with Crippen molar-refractivity contribution < 1.29 is 0 Å². The average Bonchev–Trinajstić information content (AvgIpc) is 2.49. The molecule has 0 aliphatic carbocycles. The van der Waals surface area contributed by atoms with Crippen LogP contribution in [-0.2, 0) is 0 Å². The lowest BCUT2D eigenvalue weighted by atomic mass is 10.0. The van der Waals surface area contributed by atoms with Gasteiger partial charge < -0.3 is 5.32 Å². The molecular weight excluding hydrogens is 258 g/mol. The fourth-order valence-corrected chi connectivity index (χ4v) is 3.32. The first-order valence-electron chi connectivity index (χ1n) is 8.35. The second-order valence-electron chi connectivity index (χ2n) is 6.60. The second kappa shape index (κ2) is 7.92. The maximum Gasteiger partial charge on any atom is 0.0476 e. The normalized spacial score (nSPS) is 18.6. The highest BCUT2D eigenvalue weighted by molar-refractivity contribution is 5.20. The van der Waals surface area contributed by atoms with Crippen molar-refractivity contribution in [3.05, 3.63) is 35.9 Å². The number of rotatable bonds is 6. The molecule has 21 heavy (non-hydrogen) atoms. The van der Waals surface area contributed by atoms with Gasteiger partial charge in [-0.05, 0) is 33.3 Å². The molecule has 0 spiro atoms. The van der Waals surface area contributed by atoms with Crippen LogP contribution < -0.4 is 5.32 Å². The van der Waals surface area contributed by atoms with Crippen LogP contribution in [0.25, 0.3) is 0 Å². The SMILES string of the molecule is CC(C)N(CC(c1ccccc1)N1CCNCC1)C(C)C. The van der Waals surface area contributed by atoms with Gasteiger partial charge in [-0.3, -0.25) is 9.80 Å². The van der Waals surface area contributed by atoms with Crippen LogP contribution in [0.5, 0.6) is 0 Å². The summed E-state index contributed by atoms with van der Waals surface area (Å²) in [6.07, 6.45) is 0. The number of piperazine rings is 1. The molecule has 1 aliphatic heterocycles. The van der Waals surface area contributed by atoms with E-state index in [-0.39, 0.29) is 0 Å². The topological polar surface area (TPSA) is 18.5 Å². The van der Waals surface area contributed by atoms with Gasteiger partial charge in [0, 0.05) is 50.8 Å². The lowest BCUT2D eigenvalue weighted by Crippen LogP contribution is -2.50. The van der Waals surface area contributed by atoms with E-state index in [0.717, 1.165) is 32.7 Å². The molecule has 3 nitrogen and oxygen atoms in total. The first-order valence-corrected chi connectivity index (χ1v) is 8.35. The quantitative estimate of drug-likeness (QED) is 0.869. The Kier molecular flexibility index (Phi) is 6.22. The van der Waals surface area contributed by atoms with Gasteiger partial charge in [-0.2, -0.15) is 0 Å². The van der Waals surface area contributed by atoms with Crippen molar-refractivity contribution in [2.45, 2.75) is 45.8 Å². The molecule has 118 valence electrons. The van der Waals surface area contributed by atoms with Gasteiger partial charge in [-0.15, -0.1) is 0 Å². The zero-order valence-corrected chi connectivity index (χ0v) is 14.0. The minimum Gasteiger partial charge on any atom is -0.314 e. The highest BCUT2D eigenvalue weighted by Gasteiger charge is 2.26. The van der Waals surface area contributed by atoms with Gasteiger partial charge >= 0.3 is 0 Å². The predicted octanol–water partition coefficient (Wildman–Crippen LogP) is 2.75. The van der Waals surface area contributed by atoms with Crippen molar-refractivity contribution in [2.24, 2.45) is 0 Å². The van der Waals surface area contributed by atoms with Gasteiger partial charge in [0.25, 0.3) is 0 Å². The van der Waals surface area contributed by atoms with E-state index in [9.17, 15) is 0 Å². The van der Waals surface area contributed by atoms with E-state index >= 15 is 0 Å². The summed E-state index contributed by atoms with van der Waals surface area (Å²) >= 11 is 0. The summed E-state index contributed by atoms with van der Waals surface area (Å²) in [4.78, 5) is 5.25. The molecule has 1 aliphatic rings. The summed E-state index contributed by atoms with van der Waals surface area (Å²) < 4.78 is 0. The highest BCUT2D eigenvalue weighted by atomic mass is 15.3. The second-order valence-corrected chi connectivity index (χ2v) is 6.60. The van der Waals surface area contributed by atoms with E-state index in [1.165, 1.54) is 5.56 Å². The summed E-state index contributed by atoms with van der Waals surface area (Å²) in [5.41, 5.74) is 1.45. The van der Waals surface area contributed by atoms with E-state index in [1.54, 1.807) is 0 Å². The number of benzene rings is 1. The summed E-state index contributed by atoms with van der Waals surface area (Å²) in [5.74, 6) is 0. The predicted molar refractivity (Wildman–Crippen MR) is 90.6 cm³/mol. The molecule has 0 saturated carbocycles. The lowest BCUT2D eigenvalue weighted by Gasteiger charge is -2.40. The maximum atomic E-state index is 3.46. The van der Waals surface area contributed by atoms with Crippen LogP contribution in [0.2, 0.25) is 0 Å². The molecular formula is C18H31N3. The number of hydrogen-bond acceptors (Lipinski definition) is 3. The lowest BCUT2D eigenvalue weighted by molar-refractivity contribution is 0.0894. The van der Waals surface area contributed by atoms with Gasteiger partial charge in [0.2, 0.25) is 0 Å². The highest BCUT2D eigenvalue weighted by Crippen LogP contribution is 2.24. The molecule has 0 bridgehead atoms. The molecule has 1 unspecified atom stereocenters. The maximum absolute atomic E-state index is 3.46. The third-order valence-electron chi connectivity index (χ3n) is 4.49. The Morgan fingerprint density at radius 2 is 1.57 bits per heavy atom. The van der Waals surface area contributed by atoms with E-state index in [0.29, 0.717) is 18.1 Å². The minimum absolute atomic E-state index is 0.498. The molecule has 0 radical (unpaired) electrons. The van der Waals surface area contributed by atoms with Crippen molar-refractivity contribution in [2.75, 3.05) is 32.7 Å². The first-order chi connectivity index (χ1) is 10.1. The van der Waals surface area contributed by atoms with Crippen LogP contribution in [0, 0.1) is 0 Å². The fraction of sp³-hybridized carbons (Fsp3) is 0.667. The third kappa shape index (κ3) is 4.53. The minimum atomic E-state index is 0.498. The number of hydrogen-bond donors (Lipinski definition) is 1. The molecule has 1 aromatic carbocycles. The largest absolute Gasteiger partial charge is 0.314 e. The van der Waals surface area contributed by atoms with Crippen LogP contribution in [0.3, 0.4) is 0 Å². The average molecular weight is 289 g/mol. The van der Waals surface area contributed by atoms with E-state index < -0.39 is 0 Å². The van der Waals surface area contributed by atoms with Crippen LogP contribution in [-0.4, -0.2) is 54.6 Å². The van der Waals surface area contributed by atoms with Crippen LogP contribution in [0.4, 0.5) is 0 Å². The van der Waals surface area contributed by atoms with Gasteiger partial charge in [0.05, 0.1) is 0 Å². The summed E-state index contributed by atoms with van der Waals surface area (Å²) in [6, 6.07) is 12.7. The molecule has 1 atom stereocenters. The molecule has 1 fully saturated rings. The molecule has 2 rings (SSSR count). The number of nitrogens with zero attached hydrogens (tertiary/aromatic N) is 2. The fourth-order valence-electron chi connectivity index (χ4n) is 3.32. The van der Waals surface area contributed by atoms with Crippen LogP contribution in [0.1, 0.15) is 39.3 Å². The Morgan fingerprint density at radius 1 is 1.00 bits per heavy atom. The molecule has 1 heterocycles. The molecule has 1 saturated heterocycles. The van der Waals surface area contributed by atoms with Gasteiger partial charge in [-0.25, -0.2) is 0 Å². The zero-order valence-electron chi connectivity index (χ0n) is 14.0. The van der Waals surface area contributed by atoms with Gasteiger partial charge in [0.1, 0.15) is 0 Å². The van der Waals surface area contributed by atoms with Crippen LogP contribution >= 0.6 is 0 Å². The Balaban J connectivity index is 2.18. The smallest absolute Gasteiger partial charge is 0.0476 e. The molecule has 0 aromatic heterocycles. The molecule has 0 amide bonds. The molecule has 3 heteroatoms. The van der Waals surface area contributed by atoms with Gasteiger partial charge in [-0.1, -0.05) is 30.3 Å². The van der Waals surface area contributed by atoms with Crippen molar-refractivity contribution >= 4 is 0 Å². The monoisotopic (exact) mass is 289 g/mol. The summed E-state index contributed by atoms with van der Waals surface area (Å²) in [6.45, 7) is 14.8. The van der Waals surface area contributed by atoms with E-state index in [4.69, 9.17) is 0 Å². The molecule has 1 N–H and O–H groups in total. The van der Waals surface area contributed by atoms with Crippen molar-refractivity contribution in [1.82, 2.24) is 15.1 Å². The zero-order chi connectivity index (χ0) is 15.2. The van der Waals surface area contributed by atoms with Crippen molar-refractivity contribution in [3.63, 3.8) is 0 Å². The Hall–Kier alpha value is -0.900. The summed E-state index contributed by atoms with van der Waals surface area (Å²) in [5, 5.41) is 3.46. The summed E-state index contributed by atoms with van der Waals surface area (Å²) in [7, 11) is 0. The van der Waals surface area contributed by atoms with Gasteiger partial charge in [0.15, 0.2) is 0 Å². The number of nitrogens with one attached hydrogen (secondary N) is 1. The Labute approximate surface area is 130 Å². The third-order valence-corrected chi connectivity index (χ3v) is 4.49. The Morgan fingerprint density at radius 3 is 2.10 bits per heavy atom. The van der Waals surface area contributed by atoms with Crippen molar-refractivity contribution in [3.8, 4) is 0 Å². The van der Waals surface area contributed by atoms with E-state index in [1.807, 2.05) is 0 Å². The first kappa shape index (κ1) is 16.5. The van der Waals surface area contributed by atoms with E-state index in [2.05, 4.69) is 73.1 Å².